The van der Waals surface area contributed by atoms with Gasteiger partial charge in [0.15, 0.2) is 0 Å². The highest BCUT2D eigenvalue weighted by molar-refractivity contribution is 7.89. The number of sulfonamides is 1. The Morgan fingerprint density at radius 2 is 1.95 bits per heavy atom. The van der Waals surface area contributed by atoms with E-state index in [2.05, 4.69) is 4.72 Å². The Kier molecular flexibility index (Phi) is 6.17. The molecule has 7 nitrogen and oxygen atoms in total. The third kappa shape index (κ3) is 4.34. The van der Waals surface area contributed by atoms with Gasteiger partial charge in [-0.2, -0.15) is 9.98 Å². The van der Waals surface area contributed by atoms with E-state index in [-0.39, 0.29) is 23.7 Å². The smallest absolute Gasteiger partial charge is 0.245 e. The molecule has 22 heavy (non-hydrogen) atoms. The van der Waals surface area contributed by atoms with E-state index in [1.54, 1.807) is 6.07 Å². The predicted molar refractivity (Wildman–Crippen MR) is 80.4 cm³/mol. The van der Waals surface area contributed by atoms with E-state index in [4.69, 9.17) is 14.2 Å². The number of hydrogen-bond donors (Lipinski definition) is 1. The standard InChI is InChI=1S/C14H20N2O5S/c1-14(10-15,7-8-19-2)16-22(17,18)13-9-11(20-3)5-6-12(13)21-4/h5-6,9,16H,7-8H2,1-4H3. The number of ether oxygens (including phenoxy) is 3. The third-order valence-electron chi connectivity index (χ3n) is 3.07. The van der Waals surface area contributed by atoms with E-state index in [9.17, 15) is 13.7 Å². The van der Waals surface area contributed by atoms with E-state index >= 15 is 0 Å². The summed E-state index contributed by atoms with van der Waals surface area (Å²) in [6.07, 6.45) is 0.214. The lowest BCUT2D eigenvalue weighted by Crippen LogP contribution is -2.45. The lowest BCUT2D eigenvalue weighted by atomic mass is 10.0. The van der Waals surface area contributed by atoms with Crippen molar-refractivity contribution in [3.05, 3.63) is 18.2 Å². The number of hydrogen-bond acceptors (Lipinski definition) is 6. The highest BCUT2D eigenvalue weighted by Gasteiger charge is 2.32. The molecule has 122 valence electrons. The summed E-state index contributed by atoms with van der Waals surface area (Å²) in [5.41, 5.74) is -1.29. The van der Waals surface area contributed by atoms with Crippen molar-refractivity contribution in [2.45, 2.75) is 23.8 Å². The van der Waals surface area contributed by atoms with Crippen molar-refractivity contribution in [1.29, 1.82) is 5.26 Å². The van der Waals surface area contributed by atoms with Crippen molar-refractivity contribution in [2.75, 3.05) is 27.9 Å². The zero-order valence-corrected chi connectivity index (χ0v) is 13.9. The lowest BCUT2D eigenvalue weighted by molar-refractivity contribution is 0.179. The molecule has 0 aliphatic rings. The first-order valence-corrected chi connectivity index (χ1v) is 7.96. The van der Waals surface area contributed by atoms with Gasteiger partial charge < -0.3 is 14.2 Å². The summed E-state index contributed by atoms with van der Waals surface area (Å²) in [6, 6.07) is 6.39. The Morgan fingerprint density at radius 1 is 1.27 bits per heavy atom. The molecule has 1 atom stereocenters. The van der Waals surface area contributed by atoms with E-state index in [0.29, 0.717) is 5.75 Å². The van der Waals surface area contributed by atoms with E-state index in [1.807, 2.05) is 6.07 Å². The third-order valence-corrected chi connectivity index (χ3v) is 4.69. The molecule has 1 aromatic carbocycles. The number of nitrogens with zero attached hydrogens (tertiary/aromatic N) is 1. The van der Waals surface area contributed by atoms with Gasteiger partial charge in [0.25, 0.3) is 0 Å². The van der Waals surface area contributed by atoms with Gasteiger partial charge in [-0.05, 0) is 19.1 Å². The molecule has 0 spiro atoms. The fourth-order valence-electron chi connectivity index (χ4n) is 1.78. The van der Waals surface area contributed by atoms with Crippen LogP contribution >= 0.6 is 0 Å². The molecule has 0 saturated carbocycles. The quantitative estimate of drug-likeness (QED) is 0.772. The van der Waals surface area contributed by atoms with Gasteiger partial charge in [0, 0.05) is 26.2 Å². The van der Waals surface area contributed by atoms with Crippen LogP contribution in [-0.2, 0) is 14.8 Å². The second-order valence-electron chi connectivity index (χ2n) is 4.81. The average molecular weight is 328 g/mol. The molecule has 0 aromatic heterocycles. The van der Waals surface area contributed by atoms with Crippen LogP contribution in [0.15, 0.2) is 23.1 Å². The maximum absolute atomic E-state index is 12.6. The normalized spacial score (nSPS) is 14.0. The molecular formula is C14H20N2O5S. The first-order valence-electron chi connectivity index (χ1n) is 6.48. The highest BCUT2D eigenvalue weighted by atomic mass is 32.2. The van der Waals surface area contributed by atoms with Crippen LogP contribution < -0.4 is 14.2 Å². The summed E-state index contributed by atoms with van der Waals surface area (Å²) in [6.45, 7) is 1.75. The molecule has 1 N–H and O–H groups in total. The number of benzene rings is 1. The van der Waals surface area contributed by atoms with Crippen molar-refractivity contribution in [3.8, 4) is 17.6 Å². The maximum Gasteiger partial charge on any atom is 0.245 e. The molecule has 0 aliphatic carbocycles. The summed E-state index contributed by atoms with van der Waals surface area (Å²) in [5, 5.41) is 9.26. The summed E-state index contributed by atoms with van der Waals surface area (Å²) in [7, 11) is 0.319. The van der Waals surface area contributed by atoms with Crippen molar-refractivity contribution < 1.29 is 22.6 Å². The van der Waals surface area contributed by atoms with Crippen molar-refractivity contribution in [1.82, 2.24) is 4.72 Å². The molecule has 0 heterocycles. The Hall–Kier alpha value is -1.82. The van der Waals surface area contributed by atoms with Crippen LogP contribution in [0.1, 0.15) is 13.3 Å². The molecule has 0 amide bonds. The van der Waals surface area contributed by atoms with Crippen molar-refractivity contribution in [2.24, 2.45) is 0 Å². The van der Waals surface area contributed by atoms with Gasteiger partial charge in [-0.1, -0.05) is 0 Å². The Balaban J connectivity index is 3.21. The molecule has 1 rings (SSSR count). The van der Waals surface area contributed by atoms with Crippen molar-refractivity contribution >= 4 is 10.0 Å². The van der Waals surface area contributed by atoms with Crippen LogP contribution in [-0.4, -0.2) is 41.9 Å². The van der Waals surface area contributed by atoms with Crippen LogP contribution in [0.4, 0.5) is 0 Å². The SMILES string of the molecule is COCCC(C)(C#N)NS(=O)(=O)c1cc(OC)ccc1OC. The number of nitrogens with one attached hydrogen (secondary N) is 1. The summed E-state index contributed by atoms with van der Waals surface area (Å²) in [5.74, 6) is 0.539. The van der Waals surface area contributed by atoms with Crippen LogP contribution in [0.5, 0.6) is 11.5 Å². The van der Waals surface area contributed by atoms with Crippen LogP contribution in [0.2, 0.25) is 0 Å². The topological polar surface area (TPSA) is 97.7 Å². The minimum atomic E-state index is -3.97. The highest BCUT2D eigenvalue weighted by Crippen LogP contribution is 2.29. The Labute approximate surface area is 130 Å². The Bertz CT molecular complexity index is 654. The van der Waals surface area contributed by atoms with Crippen LogP contribution in [0.25, 0.3) is 0 Å². The summed E-state index contributed by atoms with van der Waals surface area (Å²) >= 11 is 0. The Morgan fingerprint density at radius 3 is 2.45 bits per heavy atom. The maximum atomic E-state index is 12.6. The van der Waals surface area contributed by atoms with Gasteiger partial charge in [-0.3, -0.25) is 0 Å². The molecule has 1 unspecified atom stereocenters. The largest absolute Gasteiger partial charge is 0.497 e. The molecular weight excluding hydrogens is 308 g/mol. The first-order chi connectivity index (χ1) is 10.3. The van der Waals surface area contributed by atoms with Gasteiger partial charge in [0.05, 0.1) is 20.3 Å². The van der Waals surface area contributed by atoms with Crippen LogP contribution in [0, 0.1) is 11.3 Å². The van der Waals surface area contributed by atoms with Gasteiger partial charge in [0.1, 0.15) is 21.9 Å². The first kappa shape index (κ1) is 18.2. The monoisotopic (exact) mass is 328 g/mol. The minimum absolute atomic E-state index is 0.0896. The van der Waals surface area contributed by atoms with E-state index in [0.717, 1.165) is 0 Å². The lowest BCUT2D eigenvalue weighted by Gasteiger charge is -2.23. The van der Waals surface area contributed by atoms with E-state index in [1.165, 1.54) is 40.4 Å². The second kappa shape index (κ2) is 7.45. The summed E-state index contributed by atoms with van der Waals surface area (Å²) < 4.78 is 42.6. The number of nitriles is 1. The molecule has 0 fully saturated rings. The second-order valence-corrected chi connectivity index (χ2v) is 6.46. The molecule has 1 aromatic rings. The van der Waals surface area contributed by atoms with E-state index < -0.39 is 15.6 Å². The number of methoxy groups -OCH3 is 3. The fourth-order valence-corrected chi connectivity index (χ4v) is 3.32. The zero-order valence-electron chi connectivity index (χ0n) is 13.0. The van der Waals surface area contributed by atoms with Gasteiger partial charge in [0.2, 0.25) is 10.0 Å². The predicted octanol–water partition coefficient (Wildman–Crippen LogP) is 1.30. The zero-order chi connectivity index (χ0) is 16.8. The molecule has 8 heteroatoms. The summed E-state index contributed by atoms with van der Waals surface area (Å²) in [4.78, 5) is -0.0896. The molecule has 0 saturated heterocycles. The van der Waals surface area contributed by atoms with Crippen molar-refractivity contribution in [3.63, 3.8) is 0 Å². The minimum Gasteiger partial charge on any atom is -0.497 e. The molecule has 0 radical (unpaired) electrons. The molecule has 0 bridgehead atoms. The van der Waals surface area contributed by atoms with Gasteiger partial charge in [-0.15, -0.1) is 0 Å². The molecule has 0 aliphatic heterocycles. The van der Waals surface area contributed by atoms with Gasteiger partial charge >= 0.3 is 0 Å². The van der Waals surface area contributed by atoms with Crippen LogP contribution in [0.3, 0.4) is 0 Å². The number of rotatable bonds is 8. The average Bonchev–Trinajstić information content (AvgIpc) is 2.51. The fraction of sp³-hybridized carbons (Fsp3) is 0.500. The van der Waals surface area contributed by atoms with Gasteiger partial charge in [-0.25, -0.2) is 8.42 Å².